The highest BCUT2D eigenvalue weighted by Gasteiger charge is 2.42. The Labute approximate surface area is 206 Å². The standard InChI is InChI=1S/C26H21ClN4O2S/c27-19-12-10-18(11-13-19)16-34-26-30-21-9-5-4-8-20(21)24-29-22(25(33)31(24)26)14-23(32)28-15-17-6-2-1-3-7-17/h1-13,22H,14-16H2,(H,28,32). The number of nitrogens with one attached hydrogen (secondary N) is 1. The number of amidine groups is 2. The molecule has 3 aromatic rings. The second kappa shape index (κ2) is 9.83. The molecular weight excluding hydrogens is 468 g/mol. The molecule has 1 N–H and O–H groups in total. The summed E-state index contributed by atoms with van der Waals surface area (Å²) in [6, 6.07) is 24.1. The number of fused-ring (bicyclic) bond motifs is 3. The van der Waals surface area contributed by atoms with E-state index in [4.69, 9.17) is 16.6 Å². The molecule has 2 amide bonds. The van der Waals surface area contributed by atoms with Crippen molar-refractivity contribution in [1.29, 1.82) is 0 Å². The van der Waals surface area contributed by atoms with Crippen molar-refractivity contribution < 1.29 is 9.59 Å². The van der Waals surface area contributed by atoms with Gasteiger partial charge in [0.15, 0.2) is 5.17 Å². The van der Waals surface area contributed by atoms with Gasteiger partial charge in [-0.2, -0.15) is 0 Å². The monoisotopic (exact) mass is 488 g/mol. The maximum atomic E-state index is 13.3. The van der Waals surface area contributed by atoms with E-state index < -0.39 is 6.04 Å². The lowest BCUT2D eigenvalue weighted by atomic mass is 10.1. The molecule has 2 aliphatic heterocycles. The van der Waals surface area contributed by atoms with Gasteiger partial charge in [-0.15, -0.1) is 0 Å². The summed E-state index contributed by atoms with van der Waals surface area (Å²) in [5.74, 6) is 0.723. The van der Waals surface area contributed by atoms with Gasteiger partial charge in [0, 0.05) is 22.9 Å². The van der Waals surface area contributed by atoms with E-state index in [1.807, 2.05) is 78.9 Å². The predicted molar refractivity (Wildman–Crippen MR) is 136 cm³/mol. The summed E-state index contributed by atoms with van der Waals surface area (Å²) in [6.45, 7) is 0.410. The second-order valence-electron chi connectivity index (χ2n) is 7.94. The van der Waals surface area contributed by atoms with Gasteiger partial charge in [-0.25, -0.2) is 9.89 Å². The number of carbonyl (C=O) groups is 2. The van der Waals surface area contributed by atoms with Crippen molar-refractivity contribution in [2.45, 2.75) is 24.8 Å². The molecule has 6 nitrogen and oxygen atoms in total. The number of aliphatic imine (C=N–C) groups is 2. The summed E-state index contributed by atoms with van der Waals surface area (Å²) in [5, 5.41) is 4.12. The normalized spacial score (nSPS) is 16.4. The van der Waals surface area contributed by atoms with Gasteiger partial charge in [0.2, 0.25) is 5.91 Å². The first kappa shape index (κ1) is 22.4. The van der Waals surface area contributed by atoms with Crippen LogP contribution in [0.5, 0.6) is 0 Å². The Morgan fingerprint density at radius 3 is 2.50 bits per heavy atom. The van der Waals surface area contributed by atoms with E-state index in [-0.39, 0.29) is 18.2 Å². The van der Waals surface area contributed by atoms with Gasteiger partial charge in [0.1, 0.15) is 11.9 Å². The lowest BCUT2D eigenvalue weighted by molar-refractivity contribution is -0.128. The fourth-order valence-electron chi connectivity index (χ4n) is 3.80. The zero-order valence-electron chi connectivity index (χ0n) is 18.1. The van der Waals surface area contributed by atoms with Crippen molar-refractivity contribution in [2.75, 3.05) is 0 Å². The Hall–Kier alpha value is -3.42. The van der Waals surface area contributed by atoms with Crippen LogP contribution in [0.1, 0.15) is 23.1 Å². The first-order valence-corrected chi connectivity index (χ1v) is 12.2. The largest absolute Gasteiger partial charge is 0.352 e. The third kappa shape index (κ3) is 4.76. The minimum atomic E-state index is -0.779. The summed E-state index contributed by atoms with van der Waals surface area (Å²) in [7, 11) is 0. The number of para-hydroxylation sites is 1. The highest BCUT2D eigenvalue weighted by molar-refractivity contribution is 8.13. The van der Waals surface area contributed by atoms with Gasteiger partial charge < -0.3 is 5.32 Å². The first-order chi connectivity index (χ1) is 16.6. The molecule has 2 heterocycles. The molecule has 0 spiro atoms. The maximum absolute atomic E-state index is 13.3. The average Bonchev–Trinajstić information content (AvgIpc) is 3.19. The second-order valence-corrected chi connectivity index (χ2v) is 9.31. The number of thioether (sulfide) groups is 1. The van der Waals surface area contributed by atoms with Crippen LogP contribution in [0, 0.1) is 0 Å². The SMILES string of the molecule is O=C(CC1N=C2c3ccccc3N=C(SCc3ccc(Cl)cc3)N2C1=O)NCc1ccccc1. The van der Waals surface area contributed by atoms with E-state index >= 15 is 0 Å². The summed E-state index contributed by atoms with van der Waals surface area (Å²) in [6.07, 6.45) is -0.0109. The number of nitrogens with zero attached hydrogens (tertiary/aromatic N) is 3. The van der Waals surface area contributed by atoms with Crippen LogP contribution < -0.4 is 5.32 Å². The molecule has 34 heavy (non-hydrogen) atoms. The van der Waals surface area contributed by atoms with Crippen molar-refractivity contribution in [1.82, 2.24) is 10.2 Å². The van der Waals surface area contributed by atoms with Gasteiger partial charge in [-0.1, -0.05) is 78.0 Å². The van der Waals surface area contributed by atoms with E-state index in [0.717, 1.165) is 22.4 Å². The number of hydrogen-bond acceptors (Lipinski definition) is 5. The Balaban J connectivity index is 1.33. The molecule has 0 fully saturated rings. The van der Waals surface area contributed by atoms with Gasteiger partial charge in [-0.3, -0.25) is 14.6 Å². The fourth-order valence-corrected chi connectivity index (χ4v) is 4.89. The van der Waals surface area contributed by atoms with Gasteiger partial charge in [0.25, 0.3) is 5.91 Å². The van der Waals surface area contributed by atoms with Crippen LogP contribution in [-0.4, -0.2) is 33.8 Å². The van der Waals surface area contributed by atoms with Crippen molar-refractivity contribution in [3.05, 3.63) is 101 Å². The van der Waals surface area contributed by atoms with Crippen LogP contribution in [0.4, 0.5) is 5.69 Å². The van der Waals surface area contributed by atoms with Gasteiger partial charge >= 0.3 is 0 Å². The summed E-state index contributed by atoms with van der Waals surface area (Å²) < 4.78 is 0. The maximum Gasteiger partial charge on any atom is 0.259 e. The van der Waals surface area contributed by atoms with Crippen LogP contribution >= 0.6 is 23.4 Å². The lowest BCUT2D eigenvalue weighted by Crippen LogP contribution is -2.42. The zero-order valence-corrected chi connectivity index (χ0v) is 19.7. The number of hydrogen-bond donors (Lipinski definition) is 1. The third-order valence-corrected chi connectivity index (χ3v) is 6.80. The predicted octanol–water partition coefficient (Wildman–Crippen LogP) is 4.94. The molecule has 0 radical (unpaired) electrons. The topological polar surface area (TPSA) is 74.1 Å². The molecule has 2 aliphatic rings. The molecule has 0 saturated heterocycles. The smallest absolute Gasteiger partial charge is 0.259 e. The van der Waals surface area contributed by atoms with Crippen molar-refractivity contribution in [3.8, 4) is 0 Å². The molecule has 0 saturated carbocycles. The van der Waals surface area contributed by atoms with Gasteiger partial charge in [-0.05, 0) is 35.4 Å². The number of halogens is 1. The number of carbonyl (C=O) groups excluding carboxylic acids is 2. The number of benzene rings is 3. The molecule has 0 aliphatic carbocycles. The fraction of sp³-hybridized carbons (Fsp3) is 0.154. The number of rotatable bonds is 6. The summed E-state index contributed by atoms with van der Waals surface area (Å²) >= 11 is 7.45. The molecule has 8 heteroatoms. The molecule has 1 unspecified atom stereocenters. The quantitative estimate of drug-likeness (QED) is 0.534. The lowest BCUT2D eigenvalue weighted by Gasteiger charge is -2.25. The van der Waals surface area contributed by atoms with E-state index in [1.54, 1.807) is 4.90 Å². The van der Waals surface area contributed by atoms with Crippen LogP contribution in [0.15, 0.2) is 88.8 Å². The van der Waals surface area contributed by atoms with Crippen LogP contribution in [0.25, 0.3) is 0 Å². The molecular formula is C26H21ClN4O2S. The van der Waals surface area contributed by atoms with Crippen LogP contribution in [-0.2, 0) is 21.9 Å². The van der Waals surface area contributed by atoms with Crippen LogP contribution in [0.2, 0.25) is 5.02 Å². The molecule has 1 atom stereocenters. The average molecular weight is 489 g/mol. The molecule has 170 valence electrons. The summed E-state index contributed by atoms with van der Waals surface area (Å²) in [5.41, 5.74) is 3.62. The molecule has 5 rings (SSSR count). The van der Waals surface area contributed by atoms with Crippen molar-refractivity contribution in [3.63, 3.8) is 0 Å². The Kier molecular flexibility index (Phi) is 6.47. The molecule has 0 bridgehead atoms. The van der Waals surface area contributed by atoms with E-state index in [0.29, 0.717) is 28.3 Å². The Morgan fingerprint density at radius 1 is 0.971 bits per heavy atom. The third-order valence-electron chi connectivity index (χ3n) is 5.54. The Bertz CT molecular complexity index is 1290. The highest BCUT2D eigenvalue weighted by atomic mass is 35.5. The summed E-state index contributed by atoms with van der Waals surface area (Å²) in [4.78, 5) is 36.9. The minimum Gasteiger partial charge on any atom is -0.352 e. The van der Waals surface area contributed by atoms with E-state index in [2.05, 4.69) is 10.3 Å². The highest BCUT2D eigenvalue weighted by Crippen LogP contribution is 2.35. The van der Waals surface area contributed by atoms with Gasteiger partial charge in [0.05, 0.1) is 12.1 Å². The van der Waals surface area contributed by atoms with E-state index in [9.17, 15) is 9.59 Å². The van der Waals surface area contributed by atoms with E-state index in [1.165, 1.54) is 11.8 Å². The molecule has 0 aromatic heterocycles. The molecule has 3 aromatic carbocycles. The Morgan fingerprint density at radius 2 is 1.71 bits per heavy atom. The first-order valence-electron chi connectivity index (χ1n) is 10.9. The van der Waals surface area contributed by atoms with Crippen molar-refractivity contribution in [2.24, 2.45) is 9.98 Å². The number of amides is 2. The van der Waals surface area contributed by atoms with Crippen molar-refractivity contribution >= 4 is 51.9 Å². The minimum absolute atomic E-state index is 0.0109. The van der Waals surface area contributed by atoms with Crippen LogP contribution in [0.3, 0.4) is 0 Å². The zero-order chi connectivity index (χ0) is 23.5.